The summed E-state index contributed by atoms with van der Waals surface area (Å²) < 4.78 is 0. The molecule has 2 rings (SSSR count). The molecule has 0 aromatic heterocycles. The van der Waals surface area contributed by atoms with Crippen molar-refractivity contribution in [3.63, 3.8) is 0 Å². The molecule has 0 aliphatic rings. The Morgan fingerprint density at radius 2 is 1.58 bits per heavy atom. The maximum atomic E-state index is 9.90. The van der Waals surface area contributed by atoms with Crippen molar-refractivity contribution in [2.75, 3.05) is 12.4 Å². The quantitative estimate of drug-likeness (QED) is 0.249. The molecule has 100 valence electrons. The number of nitrogens with two attached hydrogens (primary N) is 1. The topological polar surface area (TPSA) is 107 Å². The van der Waals surface area contributed by atoms with Crippen LogP contribution < -0.4 is 11.0 Å². The molecular formula is C13H14NO4P. The van der Waals surface area contributed by atoms with Crippen LogP contribution in [-0.4, -0.2) is 27.1 Å². The van der Waals surface area contributed by atoms with E-state index in [1.807, 2.05) is 12.7 Å². The number of nitrogen functional groups attached to an aromatic ring is 1. The van der Waals surface area contributed by atoms with Crippen LogP contribution >= 0.6 is 8.58 Å². The molecule has 0 bridgehead atoms. The smallest absolute Gasteiger partial charge is 0.206 e. The number of benzene rings is 2. The standard InChI is InChI=1S/C13H14NO4P/c1-19-7-4-2-3-6(5-7)8-9(14)11(16)13(18)12(17)10(8)15/h2-5,15-19H,14H2,1H3. The Kier molecular flexibility index (Phi) is 3.40. The summed E-state index contributed by atoms with van der Waals surface area (Å²) in [5.41, 5.74) is 6.19. The Morgan fingerprint density at radius 3 is 2.21 bits per heavy atom. The van der Waals surface area contributed by atoms with Crippen molar-refractivity contribution in [2.45, 2.75) is 0 Å². The molecule has 2 aromatic rings. The molecule has 0 aliphatic carbocycles. The maximum absolute atomic E-state index is 9.90. The zero-order valence-electron chi connectivity index (χ0n) is 10.2. The van der Waals surface area contributed by atoms with Crippen molar-refractivity contribution < 1.29 is 20.4 Å². The molecule has 2 aromatic carbocycles. The van der Waals surface area contributed by atoms with Crippen LogP contribution in [0.25, 0.3) is 11.1 Å². The summed E-state index contributed by atoms with van der Waals surface area (Å²) in [6, 6.07) is 7.22. The second-order valence-electron chi connectivity index (χ2n) is 4.01. The van der Waals surface area contributed by atoms with Crippen LogP contribution in [0.1, 0.15) is 0 Å². The van der Waals surface area contributed by atoms with Gasteiger partial charge in [0.05, 0.1) is 11.3 Å². The Hall–Kier alpha value is -2.13. The summed E-state index contributed by atoms with van der Waals surface area (Å²) in [6.45, 7) is 2.01. The highest BCUT2D eigenvalue weighted by molar-refractivity contribution is 7.46. The van der Waals surface area contributed by atoms with E-state index in [1.165, 1.54) is 0 Å². The highest BCUT2D eigenvalue weighted by Crippen LogP contribution is 2.52. The monoisotopic (exact) mass is 279 g/mol. The Labute approximate surface area is 111 Å². The van der Waals surface area contributed by atoms with E-state index in [0.29, 0.717) is 14.1 Å². The van der Waals surface area contributed by atoms with Crippen molar-refractivity contribution in [1.29, 1.82) is 0 Å². The molecule has 6 N–H and O–H groups in total. The Morgan fingerprint density at radius 1 is 0.947 bits per heavy atom. The molecule has 1 atom stereocenters. The first-order valence-corrected chi connectivity index (χ1v) is 7.00. The van der Waals surface area contributed by atoms with Gasteiger partial charge < -0.3 is 26.2 Å². The van der Waals surface area contributed by atoms with Crippen LogP contribution in [0.15, 0.2) is 24.3 Å². The molecule has 0 spiro atoms. The van der Waals surface area contributed by atoms with Crippen LogP contribution in [0.2, 0.25) is 0 Å². The molecule has 0 amide bonds. The van der Waals surface area contributed by atoms with Crippen LogP contribution in [-0.2, 0) is 0 Å². The first kappa shape index (κ1) is 13.3. The number of phenolic OH excluding ortho intramolecular Hbond substituents is 4. The fraction of sp³-hybridized carbons (Fsp3) is 0.0769. The maximum Gasteiger partial charge on any atom is 0.206 e. The Balaban J connectivity index is 2.75. The van der Waals surface area contributed by atoms with Gasteiger partial charge in [0.15, 0.2) is 11.5 Å². The average molecular weight is 279 g/mol. The van der Waals surface area contributed by atoms with Gasteiger partial charge in [0.2, 0.25) is 11.5 Å². The van der Waals surface area contributed by atoms with Crippen molar-refractivity contribution in [3.05, 3.63) is 24.3 Å². The molecule has 0 fully saturated rings. The predicted molar refractivity (Wildman–Crippen MR) is 76.8 cm³/mol. The number of phenols is 4. The minimum atomic E-state index is -0.827. The summed E-state index contributed by atoms with van der Waals surface area (Å²) in [7, 11) is 0.560. The third kappa shape index (κ3) is 2.13. The van der Waals surface area contributed by atoms with E-state index >= 15 is 0 Å². The Bertz CT molecular complexity index is 614. The minimum absolute atomic E-state index is 0.105. The van der Waals surface area contributed by atoms with Gasteiger partial charge in [-0.2, -0.15) is 0 Å². The van der Waals surface area contributed by atoms with E-state index in [0.717, 1.165) is 5.30 Å². The molecule has 0 radical (unpaired) electrons. The molecule has 0 heterocycles. The van der Waals surface area contributed by atoms with Crippen LogP contribution in [0, 0.1) is 0 Å². The zero-order chi connectivity index (χ0) is 14.2. The molecule has 0 saturated carbocycles. The van der Waals surface area contributed by atoms with E-state index in [1.54, 1.807) is 18.2 Å². The average Bonchev–Trinajstić information content (AvgIpc) is 2.43. The summed E-state index contributed by atoms with van der Waals surface area (Å²) in [5, 5.41) is 39.6. The highest BCUT2D eigenvalue weighted by Gasteiger charge is 2.22. The van der Waals surface area contributed by atoms with Crippen LogP contribution in [0.3, 0.4) is 0 Å². The lowest BCUT2D eigenvalue weighted by Gasteiger charge is -2.14. The van der Waals surface area contributed by atoms with Gasteiger partial charge in [0.25, 0.3) is 0 Å². The largest absolute Gasteiger partial charge is 0.504 e. The van der Waals surface area contributed by atoms with Gasteiger partial charge >= 0.3 is 0 Å². The molecule has 1 unspecified atom stereocenters. The van der Waals surface area contributed by atoms with Crippen molar-refractivity contribution in [1.82, 2.24) is 0 Å². The second-order valence-corrected chi connectivity index (χ2v) is 5.09. The van der Waals surface area contributed by atoms with E-state index < -0.39 is 23.0 Å². The number of aromatic hydroxyl groups is 4. The van der Waals surface area contributed by atoms with E-state index in [9.17, 15) is 20.4 Å². The van der Waals surface area contributed by atoms with Gasteiger partial charge in [0.1, 0.15) is 0 Å². The summed E-state index contributed by atoms with van der Waals surface area (Å²) in [6.07, 6.45) is 0. The van der Waals surface area contributed by atoms with Crippen molar-refractivity contribution in [3.8, 4) is 34.1 Å². The van der Waals surface area contributed by atoms with Crippen molar-refractivity contribution >= 4 is 19.6 Å². The van der Waals surface area contributed by atoms with Gasteiger partial charge in [-0.15, -0.1) is 0 Å². The predicted octanol–water partition coefficient (Wildman–Crippen LogP) is 1.69. The van der Waals surface area contributed by atoms with Gasteiger partial charge in [-0.25, -0.2) is 0 Å². The summed E-state index contributed by atoms with van der Waals surface area (Å²) >= 11 is 0. The number of hydrogen-bond donors (Lipinski definition) is 5. The zero-order valence-corrected chi connectivity index (χ0v) is 11.2. The fourth-order valence-corrected chi connectivity index (χ4v) is 2.40. The number of rotatable bonds is 2. The summed E-state index contributed by atoms with van der Waals surface area (Å²) in [4.78, 5) is 0. The number of anilines is 1. The van der Waals surface area contributed by atoms with Crippen LogP contribution in [0.5, 0.6) is 23.0 Å². The second kappa shape index (κ2) is 4.86. The lowest BCUT2D eigenvalue weighted by molar-refractivity contribution is 0.348. The molecule has 5 nitrogen and oxygen atoms in total. The molecule has 0 saturated heterocycles. The first-order chi connectivity index (χ1) is 8.97. The van der Waals surface area contributed by atoms with E-state index in [2.05, 4.69) is 0 Å². The number of hydrogen-bond acceptors (Lipinski definition) is 5. The normalized spacial score (nSPS) is 11.2. The van der Waals surface area contributed by atoms with Crippen molar-refractivity contribution in [2.24, 2.45) is 0 Å². The van der Waals surface area contributed by atoms with E-state index in [-0.39, 0.29) is 11.3 Å². The molecular weight excluding hydrogens is 265 g/mol. The van der Waals surface area contributed by atoms with Gasteiger partial charge in [-0.1, -0.05) is 26.8 Å². The van der Waals surface area contributed by atoms with Gasteiger partial charge in [-0.05, 0) is 23.6 Å². The molecule has 0 aliphatic heterocycles. The minimum Gasteiger partial charge on any atom is -0.504 e. The third-order valence-electron chi connectivity index (χ3n) is 2.87. The lowest BCUT2D eigenvalue weighted by atomic mass is 10.0. The van der Waals surface area contributed by atoms with Gasteiger partial charge in [0, 0.05) is 0 Å². The molecule has 6 heteroatoms. The van der Waals surface area contributed by atoms with Gasteiger partial charge in [-0.3, -0.25) is 0 Å². The lowest BCUT2D eigenvalue weighted by Crippen LogP contribution is -1.97. The van der Waals surface area contributed by atoms with Crippen LogP contribution in [0.4, 0.5) is 5.69 Å². The highest BCUT2D eigenvalue weighted by atomic mass is 31.1. The van der Waals surface area contributed by atoms with E-state index in [4.69, 9.17) is 5.73 Å². The first-order valence-electron chi connectivity index (χ1n) is 5.50. The molecule has 19 heavy (non-hydrogen) atoms. The third-order valence-corrected chi connectivity index (χ3v) is 3.76. The summed E-state index contributed by atoms with van der Waals surface area (Å²) in [5.74, 6) is -2.81. The fourth-order valence-electron chi connectivity index (χ4n) is 1.84. The SMILES string of the molecule is CPc1cccc(-c2c(N)c(O)c(O)c(O)c2O)c1.